The molecule has 0 amide bonds. The molecule has 0 saturated carbocycles. The van der Waals surface area contributed by atoms with Crippen molar-refractivity contribution >= 4 is 5.65 Å². The fraction of sp³-hybridized carbons (Fsp3) is 0.174. The van der Waals surface area contributed by atoms with Crippen molar-refractivity contribution in [1.82, 2.24) is 4.57 Å². The largest absolute Gasteiger partial charge is 1.00 e. The molecule has 0 aliphatic heterocycles. The predicted octanol–water partition coefficient (Wildman–Crippen LogP) is 1.75. The number of ether oxygens (including phenoxy) is 1. The highest BCUT2D eigenvalue weighted by Crippen LogP contribution is 2.23. The minimum atomic E-state index is -0.838. The fourth-order valence-corrected chi connectivity index (χ4v) is 3.40. The molecule has 0 aliphatic carbocycles. The second-order valence-corrected chi connectivity index (χ2v) is 6.85. The quantitative estimate of drug-likeness (QED) is 0.416. The molecule has 2 aromatic heterocycles. The van der Waals surface area contributed by atoms with Gasteiger partial charge in [-0.05, 0) is 35.4 Å². The first-order valence-corrected chi connectivity index (χ1v) is 9.15. The SMILES string of the molecule is Cc1c(C)[n+]2cccc(OCc3ccccc3)c2n1Cc1ccc(F)c(F)c1.[Br-]. The minimum absolute atomic E-state index is 0. The maximum atomic E-state index is 13.7. The third kappa shape index (κ3) is 4.17. The van der Waals surface area contributed by atoms with Crippen LogP contribution in [0.25, 0.3) is 5.65 Å². The number of imidazole rings is 1. The summed E-state index contributed by atoms with van der Waals surface area (Å²) in [5.41, 5.74) is 4.77. The number of hydrogen-bond donors (Lipinski definition) is 0. The van der Waals surface area contributed by atoms with Gasteiger partial charge in [-0.1, -0.05) is 36.4 Å². The van der Waals surface area contributed by atoms with Crippen molar-refractivity contribution in [3.63, 3.8) is 0 Å². The van der Waals surface area contributed by atoms with Crippen molar-refractivity contribution in [3.05, 3.63) is 101 Å². The van der Waals surface area contributed by atoms with Gasteiger partial charge in [0.05, 0.1) is 6.20 Å². The zero-order chi connectivity index (χ0) is 19.7. The van der Waals surface area contributed by atoms with Crippen molar-refractivity contribution < 1.29 is 34.9 Å². The first-order valence-electron chi connectivity index (χ1n) is 9.15. The molecule has 29 heavy (non-hydrogen) atoms. The summed E-state index contributed by atoms with van der Waals surface area (Å²) in [4.78, 5) is 0. The fourth-order valence-electron chi connectivity index (χ4n) is 3.40. The van der Waals surface area contributed by atoms with Crippen molar-refractivity contribution in [1.29, 1.82) is 0 Å². The molecule has 0 spiro atoms. The van der Waals surface area contributed by atoms with Crippen LogP contribution in [-0.2, 0) is 13.2 Å². The highest BCUT2D eigenvalue weighted by molar-refractivity contribution is 5.50. The van der Waals surface area contributed by atoms with E-state index in [1.54, 1.807) is 6.07 Å². The molecule has 4 rings (SSSR count). The molecule has 150 valence electrons. The summed E-state index contributed by atoms with van der Waals surface area (Å²) in [6.07, 6.45) is 1.98. The summed E-state index contributed by atoms with van der Waals surface area (Å²) in [5.74, 6) is -0.933. The molecular weight excluding hydrogens is 438 g/mol. The van der Waals surface area contributed by atoms with Crippen LogP contribution < -0.4 is 26.1 Å². The number of pyridine rings is 1. The van der Waals surface area contributed by atoms with E-state index in [0.29, 0.717) is 18.7 Å². The zero-order valence-corrected chi connectivity index (χ0v) is 17.8. The maximum absolute atomic E-state index is 13.7. The molecule has 4 aromatic rings. The van der Waals surface area contributed by atoms with Gasteiger partial charge >= 0.3 is 5.65 Å². The number of aryl methyl sites for hydroxylation is 1. The van der Waals surface area contributed by atoms with Crippen molar-refractivity contribution in [2.24, 2.45) is 0 Å². The smallest absolute Gasteiger partial charge is 0.329 e. The van der Waals surface area contributed by atoms with Gasteiger partial charge in [-0.2, -0.15) is 4.40 Å². The van der Waals surface area contributed by atoms with Gasteiger partial charge in [-0.15, -0.1) is 0 Å². The number of rotatable bonds is 5. The molecule has 2 aromatic carbocycles. The van der Waals surface area contributed by atoms with Gasteiger partial charge in [-0.3, -0.25) is 0 Å². The standard InChI is InChI=1S/C23H21F2N2O.BrH/c1-16-17(2)27(14-19-10-11-20(24)21(25)13-19)23-22(9-6-12-26(16)23)28-15-18-7-4-3-5-8-18;/h3-13H,14-15H2,1-2H3;1H/q+1;/p-1. The van der Waals surface area contributed by atoms with E-state index in [4.69, 9.17) is 4.74 Å². The summed E-state index contributed by atoms with van der Waals surface area (Å²) in [6.45, 7) is 4.93. The van der Waals surface area contributed by atoms with E-state index in [0.717, 1.165) is 28.3 Å². The Morgan fingerprint density at radius 2 is 1.66 bits per heavy atom. The molecule has 0 fully saturated rings. The minimum Gasteiger partial charge on any atom is -1.00 e. The average Bonchev–Trinajstić information content (AvgIpc) is 2.95. The van der Waals surface area contributed by atoms with Crippen LogP contribution in [0.5, 0.6) is 5.75 Å². The van der Waals surface area contributed by atoms with Crippen LogP contribution in [0.1, 0.15) is 22.5 Å². The number of halogens is 3. The Kier molecular flexibility index (Phi) is 6.33. The average molecular weight is 459 g/mol. The van der Waals surface area contributed by atoms with Crippen LogP contribution in [-0.4, -0.2) is 4.57 Å². The first-order chi connectivity index (χ1) is 13.5. The lowest BCUT2D eigenvalue weighted by Crippen LogP contribution is -3.00. The number of nitrogens with zero attached hydrogens (tertiary/aromatic N) is 2. The van der Waals surface area contributed by atoms with Crippen LogP contribution in [0.2, 0.25) is 0 Å². The molecule has 0 aliphatic rings. The maximum Gasteiger partial charge on any atom is 0.329 e. The Morgan fingerprint density at radius 3 is 2.38 bits per heavy atom. The van der Waals surface area contributed by atoms with Crippen LogP contribution in [0.3, 0.4) is 0 Å². The predicted molar refractivity (Wildman–Crippen MR) is 103 cm³/mol. The third-order valence-electron chi connectivity index (χ3n) is 5.04. The van der Waals surface area contributed by atoms with E-state index in [1.807, 2.05) is 62.5 Å². The van der Waals surface area contributed by atoms with E-state index in [9.17, 15) is 8.78 Å². The Bertz CT molecular complexity index is 1140. The molecule has 3 nitrogen and oxygen atoms in total. The van der Waals surface area contributed by atoms with E-state index in [1.165, 1.54) is 12.1 Å². The number of fused-ring (bicyclic) bond motifs is 1. The monoisotopic (exact) mass is 458 g/mol. The Balaban J connectivity index is 0.00000240. The van der Waals surface area contributed by atoms with Crippen LogP contribution in [0.4, 0.5) is 8.78 Å². The molecule has 0 atom stereocenters. The lowest BCUT2D eigenvalue weighted by atomic mass is 10.2. The highest BCUT2D eigenvalue weighted by atomic mass is 79.9. The van der Waals surface area contributed by atoms with Gasteiger partial charge in [0, 0.05) is 13.8 Å². The highest BCUT2D eigenvalue weighted by Gasteiger charge is 2.24. The second kappa shape index (κ2) is 8.74. The molecule has 0 saturated heterocycles. The van der Waals surface area contributed by atoms with Gasteiger partial charge in [0.2, 0.25) is 5.75 Å². The van der Waals surface area contributed by atoms with Gasteiger partial charge in [0.1, 0.15) is 24.5 Å². The Labute approximate surface area is 179 Å². The zero-order valence-electron chi connectivity index (χ0n) is 16.2. The molecule has 0 radical (unpaired) electrons. The first kappa shape index (κ1) is 21.0. The number of benzene rings is 2. The summed E-state index contributed by atoms with van der Waals surface area (Å²) in [7, 11) is 0. The Hall–Kier alpha value is -2.73. The summed E-state index contributed by atoms with van der Waals surface area (Å²) >= 11 is 0. The lowest BCUT2D eigenvalue weighted by Gasteiger charge is -2.07. The van der Waals surface area contributed by atoms with E-state index < -0.39 is 11.6 Å². The topological polar surface area (TPSA) is 18.3 Å². The van der Waals surface area contributed by atoms with E-state index in [-0.39, 0.29) is 17.0 Å². The third-order valence-corrected chi connectivity index (χ3v) is 5.04. The van der Waals surface area contributed by atoms with Crippen LogP contribution >= 0.6 is 0 Å². The van der Waals surface area contributed by atoms with E-state index >= 15 is 0 Å². The molecule has 0 N–H and O–H groups in total. The normalized spacial score (nSPS) is 10.8. The van der Waals surface area contributed by atoms with Gasteiger partial charge in [-0.25, -0.2) is 13.3 Å². The second-order valence-electron chi connectivity index (χ2n) is 6.85. The molecular formula is C23H21BrF2N2O. The van der Waals surface area contributed by atoms with Gasteiger partial charge < -0.3 is 21.7 Å². The van der Waals surface area contributed by atoms with Gasteiger partial charge in [0.15, 0.2) is 11.6 Å². The van der Waals surface area contributed by atoms with Crippen molar-refractivity contribution in [3.8, 4) is 5.75 Å². The molecule has 6 heteroatoms. The van der Waals surface area contributed by atoms with Crippen LogP contribution in [0.15, 0.2) is 66.9 Å². The van der Waals surface area contributed by atoms with E-state index in [2.05, 4.69) is 8.97 Å². The number of aromatic nitrogens is 2. The van der Waals surface area contributed by atoms with Crippen LogP contribution in [0, 0.1) is 25.5 Å². The summed E-state index contributed by atoms with van der Waals surface area (Å²) in [6, 6.07) is 17.9. The van der Waals surface area contributed by atoms with Gasteiger partial charge in [0.25, 0.3) is 0 Å². The molecule has 2 heterocycles. The molecule has 0 unspecified atom stereocenters. The van der Waals surface area contributed by atoms with Crippen molar-refractivity contribution in [2.75, 3.05) is 0 Å². The Morgan fingerprint density at radius 1 is 0.897 bits per heavy atom. The lowest BCUT2D eigenvalue weighted by molar-refractivity contribution is -0.519. The summed E-state index contributed by atoms with van der Waals surface area (Å²) < 4.78 is 37.2. The van der Waals surface area contributed by atoms with Crippen molar-refractivity contribution in [2.45, 2.75) is 27.0 Å². The number of hydrogen-bond acceptors (Lipinski definition) is 1. The molecule has 0 bridgehead atoms. The summed E-state index contributed by atoms with van der Waals surface area (Å²) in [5, 5.41) is 0.